The molecule has 1 fully saturated rings. The minimum atomic E-state index is -3.20. The first-order chi connectivity index (χ1) is 10.4. The van der Waals surface area contributed by atoms with Crippen molar-refractivity contribution >= 4 is 21.6 Å². The van der Waals surface area contributed by atoms with Gasteiger partial charge < -0.3 is 10.6 Å². The summed E-state index contributed by atoms with van der Waals surface area (Å²) >= 11 is 0. The molecule has 1 aromatic rings. The lowest BCUT2D eigenvalue weighted by Gasteiger charge is -2.32. The average molecular weight is 325 g/mol. The molecule has 0 unspecified atom stereocenters. The number of nitrogens with zero attached hydrogens (tertiary/aromatic N) is 1. The number of likely N-dealkylation sites (tertiary alicyclic amines) is 1. The fraction of sp³-hybridized carbons (Fsp3) is 0.533. The summed E-state index contributed by atoms with van der Waals surface area (Å²) in [6.45, 7) is 2.94. The van der Waals surface area contributed by atoms with E-state index in [-0.39, 0.29) is 17.7 Å². The van der Waals surface area contributed by atoms with Gasteiger partial charge in [0, 0.05) is 30.4 Å². The summed E-state index contributed by atoms with van der Waals surface area (Å²) < 4.78 is 26.3. The second-order valence-electron chi connectivity index (χ2n) is 5.63. The van der Waals surface area contributed by atoms with Gasteiger partial charge in [0.2, 0.25) is 10.0 Å². The molecule has 122 valence electrons. The number of nitrogens with one attached hydrogen (secondary N) is 1. The summed E-state index contributed by atoms with van der Waals surface area (Å²) in [6.07, 6.45) is 1.87. The number of nitrogen functional groups attached to an aromatic ring is 1. The first kappa shape index (κ1) is 16.8. The van der Waals surface area contributed by atoms with Crippen LogP contribution in [0.15, 0.2) is 24.3 Å². The van der Waals surface area contributed by atoms with Gasteiger partial charge in [0.1, 0.15) is 0 Å². The maximum Gasteiger partial charge on any atom is 0.253 e. The van der Waals surface area contributed by atoms with E-state index in [4.69, 9.17) is 5.73 Å². The molecule has 2 rings (SSSR count). The van der Waals surface area contributed by atoms with Gasteiger partial charge in [-0.1, -0.05) is 13.0 Å². The molecule has 0 atom stereocenters. The predicted octanol–water partition coefficient (Wildman–Crippen LogP) is 1.20. The van der Waals surface area contributed by atoms with Gasteiger partial charge in [-0.25, -0.2) is 13.1 Å². The zero-order chi connectivity index (χ0) is 16.2. The van der Waals surface area contributed by atoms with E-state index < -0.39 is 10.0 Å². The maximum atomic E-state index is 12.4. The van der Waals surface area contributed by atoms with E-state index in [9.17, 15) is 13.2 Å². The zero-order valence-electron chi connectivity index (χ0n) is 12.8. The van der Waals surface area contributed by atoms with Crippen LogP contribution < -0.4 is 10.5 Å². The topological polar surface area (TPSA) is 92.5 Å². The lowest BCUT2D eigenvalue weighted by atomic mass is 10.0. The van der Waals surface area contributed by atoms with E-state index in [0.717, 1.165) is 0 Å². The second kappa shape index (κ2) is 7.11. The van der Waals surface area contributed by atoms with E-state index in [1.807, 2.05) is 6.92 Å². The van der Waals surface area contributed by atoms with Crippen molar-refractivity contribution in [2.24, 2.45) is 0 Å². The summed E-state index contributed by atoms with van der Waals surface area (Å²) in [6, 6.07) is 6.83. The van der Waals surface area contributed by atoms with Crippen LogP contribution in [-0.4, -0.2) is 44.1 Å². The molecule has 1 amide bonds. The molecule has 22 heavy (non-hydrogen) atoms. The van der Waals surface area contributed by atoms with Crippen molar-refractivity contribution in [2.45, 2.75) is 32.2 Å². The number of carbonyl (C=O) groups is 1. The molecule has 0 radical (unpaired) electrons. The smallest absolute Gasteiger partial charge is 0.253 e. The monoisotopic (exact) mass is 325 g/mol. The largest absolute Gasteiger partial charge is 0.399 e. The molecule has 7 heteroatoms. The number of rotatable bonds is 5. The third-order valence-electron chi connectivity index (χ3n) is 3.73. The number of sulfonamides is 1. The molecule has 0 bridgehead atoms. The van der Waals surface area contributed by atoms with Crippen LogP contribution in [0.5, 0.6) is 0 Å². The molecule has 1 aromatic carbocycles. The van der Waals surface area contributed by atoms with E-state index in [2.05, 4.69) is 4.72 Å². The Balaban J connectivity index is 1.91. The van der Waals surface area contributed by atoms with Gasteiger partial charge in [-0.15, -0.1) is 0 Å². The minimum Gasteiger partial charge on any atom is -0.399 e. The SMILES string of the molecule is CCCS(=O)(=O)NC1CCN(C(=O)c2cccc(N)c2)CC1. The Kier molecular flexibility index (Phi) is 5.42. The minimum absolute atomic E-state index is 0.0536. The Morgan fingerprint density at radius 1 is 1.36 bits per heavy atom. The number of piperidine rings is 1. The first-order valence-corrected chi connectivity index (χ1v) is 9.21. The van der Waals surface area contributed by atoms with Crippen molar-refractivity contribution in [3.63, 3.8) is 0 Å². The van der Waals surface area contributed by atoms with Crippen LogP contribution in [-0.2, 0) is 10.0 Å². The molecule has 0 spiro atoms. The molecule has 1 heterocycles. The Hall–Kier alpha value is -1.60. The number of anilines is 1. The highest BCUT2D eigenvalue weighted by molar-refractivity contribution is 7.89. The summed E-state index contributed by atoms with van der Waals surface area (Å²) in [4.78, 5) is 14.1. The quantitative estimate of drug-likeness (QED) is 0.796. The predicted molar refractivity (Wildman–Crippen MR) is 87.0 cm³/mol. The molecule has 0 aliphatic carbocycles. The number of hydrogen-bond donors (Lipinski definition) is 2. The van der Waals surface area contributed by atoms with E-state index in [1.54, 1.807) is 29.2 Å². The molecule has 1 saturated heterocycles. The molecule has 1 aliphatic heterocycles. The number of hydrogen-bond acceptors (Lipinski definition) is 4. The van der Waals surface area contributed by atoms with Crippen molar-refractivity contribution in [3.8, 4) is 0 Å². The summed E-state index contributed by atoms with van der Waals surface area (Å²) in [5.74, 6) is 0.0947. The first-order valence-electron chi connectivity index (χ1n) is 7.56. The summed E-state index contributed by atoms with van der Waals surface area (Å²) in [5.41, 5.74) is 6.84. The maximum absolute atomic E-state index is 12.4. The number of carbonyl (C=O) groups excluding carboxylic acids is 1. The third kappa shape index (κ3) is 4.45. The van der Waals surface area contributed by atoms with Crippen molar-refractivity contribution < 1.29 is 13.2 Å². The van der Waals surface area contributed by atoms with Gasteiger partial charge in [0.05, 0.1) is 5.75 Å². The van der Waals surface area contributed by atoms with Crippen LogP contribution in [0.1, 0.15) is 36.5 Å². The van der Waals surface area contributed by atoms with Crippen molar-refractivity contribution in [2.75, 3.05) is 24.6 Å². The van der Waals surface area contributed by atoms with Gasteiger partial charge >= 0.3 is 0 Å². The fourth-order valence-electron chi connectivity index (χ4n) is 2.64. The van der Waals surface area contributed by atoms with E-state index >= 15 is 0 Å². The second-order valence-corrected chi connectivity index (χ2v) is 7.50. The molecular weight excluding hydrogens is 302 g/mol. The molecular formula is C15H23N3O3S. The fourth-order valence-corrected chi connectivity index (χ4v) is 4.04. The van der Waals surface area contributed by atoms with E-state index in [0.29, 0.717) is 43.6 Å². The third-order valence-corrected chi connectivity index (χ3v) is 5.37. The molecule has 6 nitrogen and oxygen atoms in total. The van der Waals surface area contributed by atoms with Crippen LogP contribution in [0.3, 0.4) is 0 Å². The normalized spacial score (nSPS) is 16.7. The average Bonchev–Trinajstić information content (AvgIpc) is 2.47. The zero-order valence-corrected chi connectivity index (χ0v) is 13.6. The van der Waals surface area contributed by atoms with Gasteiger partial charge in [0.25, 0.3) is 5.91 Å². The molecule has 1 aliphatic rings. The van der Waals surface area contributed by atoms with Crippen LogP contribution >= 0.6 is 0 Å². The molecule has 0 saturated carbocycles. The highest BCUT2D eigenvalue weighted by Gasteiger charge is 2.26. The van der Waals surface area contributed by atoms with Crippen molar-refractivity contribution in [1.29, 1.82) is 0 Å². The van der Waals surface area contributed by atoms with Crippen LogP contribution in [0.4, 0.5) is 5.69 Å². The Morgan fingerprint density at radius 2 is 2.05 bits per heavy atom. The number of nitrogens with two attached hydrogens (primary N) is 1. The summed E-state index contributed by atoms with van der Waals surface area (Å²) in [7, 11) is -3.20. The van der Waals surface area contributed by atoms with Gasteiger partial charge in [-0.3, -0.25) is 4.79 Å². The lowest BCUT2D eigenvalue weighted by Crippen LogP contribution is -2.47. The van der Waals surface area contributed by atoms with Crippen LogP contribution in [0, 0.1) is 0 Å². The lowest BCUT2D eigenvalue weighted by molar-refractivity contribution is 0.0711. The summed E-state index contributed by atoms with van der Waals surface area (Å²) in [5, 5.41) is 0. The number of benzene rings is 1. The highest BCUT2D eigenvalue weighted by Crippen LogP contribution is 2.16. The Morgan fingerprint density at radius 3 is 2.64 bits per heavy atom. The Bertz CT molecular complexity index is 623. The van der Waals surface area contributed by atoms with Crippen molar-refractivity contribution in [3.05, 3.63) is 29.8 Å². The van der Waals surface area contributed by atoms with Gasteiger partial charge in [0.15, 0.2) is 0 Å². The number of amides is 1. The highest BCUT2D eigenvalue weighted by atomic mass is 32.2. The molecule has 3 N–H and O–H groups in total. The van der Waals surface area contributed by atoms with E-state index in [1.165, 1.54) is 0 Å². The van der Waals surface area contributed by atoms with Crippen molar-refractivity contribution in [1.82, 2.24) is 9.62 Å². The van der Waals surface area contributed by atoms with Crippen LogP contribution in [0.25, 0.3) is 0 Å². The standard InChI is InChI=1S/C15H23N3O3S/c1-2-10-22(20,21)17-14-6-8-18(9-7-14)15(19)12-4-3-5-13(16)11-12/h3-5,11,14,17H,2,6-10,16H2,1H3. The van der Waals surface area contributed by atoms with Crippen LogP contribution in [0.2, 0.25) is 0 Å². The van der Waals surface area contributed by atoms with Gasteiger partial charge in [-0.05, 0) is 37.5 Å². The van der Waals surface area contributed by atoms with Gasteiger partial charge in [-0.2, -0.15) is 0 Å². The molecule has 0 aromatic heterocycles. The Labute approximate surface area is 131 Å².